The topological polar surface area (TPSA) is 98.3 Å². The molecule has 104 valence electrons. The number of nitrogens with two attached hydrogens (primary N) is 3. The second-order valence-corrected chi connectivity index (χ2v) is 3.97. The molecule has 0 amide bonds. The maximum atomic E-state index is 12.4. The third-order valence-electron chi connectivity index (χ3n) is 2.42. The molecular weight excluding hydrogens is 259 g/mol. The fourth-order valence-electron chi connectivity index (χ4n) is 1.48. The van der Waals surface area contributed by atoms with Gasteiger partial charge in [-0.2, -0.15) is 13.2 Å². The van der Waals surface area contributed by atoms with Gasteiger partial charge < -0.3 is 22.3 Å². The van der Waals surface area contributed by atoms with E-state index in [1.807, 2.05) is 0 Å². The average molecular weight is 273 g/mol. The van der Waals surface area contributed by atoms with Crippen LogP contribution in [0.1, 0.15) is 18.1 Å². The zero-order chi connectivity index (χ0) is 14.8. The molecule has 7 heteroatoms. The molecule has 0 unspecified atom stereocenters. The lowest BCUT2D eigenvalue weighted by Crippen LogP contribution is -2.09. The Balaban J connectivity index is 3.28. The van der Waals surface area contributed by atoms with Gasteiger partial charge in [-0.1, -0.05) is 0 Å². The second-order valence-electron chi connectivity index (χ2n) is 3.97. The predicted molar refractivity (Wildman–Crippen MR) is 66.3 cm³/mol. The smallest absolute Gasteiger partial charge is 0.416 e. The van der Waals surface area contributed by atoms with Crippen LogP contribution in [0.4, 0.5) is 13.2 Å². The van der Waals surface area contributed by atoms with E-state index in [-0.39, 0.29) is 17.1 Å². The average Bonchev–Trinajstić information content (AvgIpc) is 2.25. The minimum absolute atomic E-state index is 0.00634. The van der Waals surface area contributed by atoms with Crippen LogP contribution in [0.5, 0.6) is 5.75 Å². The Kier molecular flexibility index (Phi) is 3.98. The van der Waals surface area contributed by atoms with E-state index in [1.165, 1.54) is 6.08 Å². The molecule has 0 aliphatic carbocycles. The molecule has 0 heterocycles. The monoisotopic (exact) mass is 273 g/mol. The van der Waals surface area contributed by atoms with Crippen molar-refractivity contribution in [3.63, 3.8) is 0 Å². The molecular formula is C12H14F3N3O. The van der Waals surface area contributed by atoms with Gasteiger partial charge in [0, 0.05) is 11.3 Å². The van der Waals surface area contributed by atoms with Crippen LogP contribution in [0.25, 0.3) is 5.70 Å². The Morgan fingerprint density at radius 1 is 1.21 bits per heavy atom. The molecule has 0 bridgehead atoms. The number of phenols is 1. The van der Waals surface area contributed by atoms with E-state index < -0.39 is 17.5 Å². The first kappa shape index (κ1) is 14.7. The van der Waals surface area contributed by atoms with Crippen LogP contribution in [0.3, 0.4) is 0 Å². The van der Waals surface area contributed by atoms with E-state index in [4.69, 9.17) is 17.2 Å². The van der Waals surface area contributed by atoms with E-state index in [1.54, 1.807) is 6.92 Å². The van der Waals surface area contributed by atoms with Gasteiger partial charge in [-0.25, -0.2) is 0 Å². The SMILES string of the molecule is C/C(C=C(N)N)=C(/N)c1ccc(C(F)(F)F)cc1O. The molecule has 0 atom stereocenters. The summed E-state index contributed by atoms with van der Waals surface area (Å²) in [7, 11) is 0. The Bertz CT molecular complexity index is 544. The third-order valence-corrected chi connectivity index (χ3v) is 2.42. The molecule has 0 saturated carbocycles. The lowest BCUT2D eigenvalue weighted by atomic mass is 10.0. The van der Waals surface area contributed by atoms with Crippen LogP contribution >= 0.6 is 0 Å². The van der Waals surface area contributed by atoms with Gasteiger partial charge in [0.2, 0.25) is 0 Å². The predicted octanol–water partition coefficient (Wildman–Crippen LogP) is 1.86. The van der Waals surface area contributed by atoms with Gasteiger partial charge in [-0.15, -0.1) is 0 Å². The number of allylic oxidation sites excluding steroid dienone is 2. The summed E-state index contributed by atoms with van der Waals surface area (Å²) >= 11 is 0. The number of aromatic hydroxyl groups is 1. The molecule has 7 N–H and O–H groups in total. The van der Waals surface area contributed by atoms with Gasteiger partial charge in [0.15, 0.2) is 0 Å². The number of alkyl halides is 3. The van der Waals surface area contributed by atoms with Crippen molar-refractivity contribution < 1.29 is 18.3 Å². The van der Waals surface area contributed by atoms with Crippen LogP contribution in [0.2, 0.25) is 0 Å². The molecule has 0 aliphatic heterocycles. The van der Waals surface area contributed by atoms with Gasteiger partial charge in [0.25, 0.3) is 0 Å². The van der Waals surface area contributed by atoms with Gasteiger partial charge >= 0.3 is 6.18 Å². The van der Waals surface area contributed by atoms with Crippen molar-refractivity contribution in [3.05, 3.63) is 46.8 Å². The van der Waals surface area contributed by atoms with Crippen LogP contribution < -0.4 is 17.2 Å². The number of rotatable bonds is 2. The van der Waals surface area contributed by atoms with Crippen molar-refractivity contribution in [2.45, 2.75) is 13.1 Å². The fraction of sp³-hybridized carbons (Fsp3) is 0.167. The van der Waals surface area contributed by atoms with Crippen molar-refractivity contribution in [3.8, 4) is 5.75 Å². The molecule has 1 aromatic rings. The molecule has 1 aromatic carbocycles. The number of hydrogen-bond acceptors (Lipinski definition) is 4. The van der Waals surface area contributed by atoms with E-state index in [9.17, 15) is 18.3 Å². The first-order chi connectivity index (χ1) is 8.62. The maximum absolute atomic E-state index is 12.4. The molecule has 0 fully saturated rings. The summed E-state index contributed by atoms with van der Waals surface area (Å²) in [5.74, 6) is -0.553. The fourth-order valence-corrected chi connectivity index (χ4v) is 1.48. The Labute approximate surface area is 108 Å². The zero-order valence-corrected chi connectivity index (χ0v) is 10.1. The third kappa shape index (κ3) is 3.57. The van der Waals surface area contributed by atoms with Crippen LogP contribution in [-0.4, -0.2) is 5.11 Å². The van der Waals surface area contributed by atoms with Gasteiger partial charge in [-0.3, -0.25) is 0 Å². The maximum Gasteiger partial charge on any atom is 0.416 e. The Hall–Kier alpha value is -2.31. The van der Waals surface area contributed by atoms with E-state index >= 15 is 0 Å². The van der Waals surface area contributed by atoms with Crippen LogP contribution in [0, 0.1) is 0 Å². The van der Waals surface area contributed by atoms with Crippen molar-refractivity contribution in [2.75, 3.05) is 0 Å². The summed E-state index contributed by atoms with van der Waals surface area (Å²) in [6, 6.07) is 2.55. The van der Waals surface area contributed by atoms with Crippen LogP contribution in [0.15, 0.2) is 35.7 Å². The van der Waals surface area contributed by atoms with Crippen LogP contribution in [-0.2, 0) is 6.18 Å². The number of benzene rings is 1. The summed E-state index contributed by atoms with van der Waals surface area (Å²) in [6.07, 6.45) is -3.17. The minimum atomic E-state index is -4.52. The largest absolute Gasteiger partial charge is 0.507 e. The summed E-state index contributed by atoms with van der Waals surface area (Å²) in [4.78, 5) is 0. The van der Waals surface area contributed by atoms with Gasteiger partial charge in [0.05, 0.1) is 11.4 Å². The highest BCUT2D eigenvalue weighted by atomic mass is 19.4. The van der Waals surface area contributed by atoms with Crippen molar-refractivity contribution in [1.82, 2.24) is 0 Å². The highest BCUT2D eigenvalue weighted by Crippen LogP contribution is 2.34. The highest BCUT2D eigenvalue weighted by molar-refractivity contribution is 5.72. The van der Waals surface area contributed by atoms with Crippen molar-refractivity contribution in [1.29, 1.82) is 0 Å². The number of phenolic OH excluding ortho intramolecular Hbond substituents is 1. The highest BCUT2D eigenvalue weighted by Gasteiger charge is 2.31. The standard InChI is InChI=1S/C12H14F3N3O/c1-6(4-10(16)17)11(18)8-3-2-7(5-9(8)19)12(13,14)15/h2-5,19H,16-18H2,1H3/b11-6-. The van der Waals surface area contributed by atoms with Crippen molar-refractivity contribution >= 4 is 5.70 Å². The van der Waals surface area contributed by atoms with Gasteiger partial charge in [-0.05, 0) is 36.8 Å². The molecule has 0 aliphatic rings. The lowest BCUT2D eigenvalue weighted by molar-refractivity contribution is -0.137. The first-order valence-corrected chi connectivity index (χ1v) is 5.22. The summed E-state index contributed by atoms with van der Waals surface area (Å²) in [5, 5.41) is 9.61. The Morgan fingerprint density at radius 3 is 2.21 bits per heavy atom. The summed E-state index contributed by atoms with van der Waals surface area (Å²) in [6.45, 7) is 1.58. The number of hydrogen-bond donors (Lipinski definition) is 4. The van der Waals surface area contributed by atoms with E-state index in [2.05, 4.69) is 0 Å². The first-order valence-electron chi connectivity index (χ1n) is 5.22. The molecule has 0 radical (unpaired) electrons. The van der Waals surface area contributed by atoms with Gasteiger partial charge in [0.1, 0.15) is 5.75 Å². The minimum Gasteiger partial charge on any atom is -0.507 e. The molecule has 0 aromatic heterocycles. The normalized spacial score (nSPS) is 12.8. The molecule has 0 saturated heterocycles. The lowest BCUT2D eigenvalue weighted by Gasteiger charge is -2.11. The van der Waals surface area contributed by atoms with E-state index in [0.29, 0.717) is 11.6 Å². The Morgan fingerprint density at radius 2 is 1.79 bits per heavy atom. The summed E-state index contributed by atoms with van der Waals surface area (Å²) in [5.41, 5.74) is 15.9. The number of halogens is 3. The molecule has 0 spiro atoms. The quantitative estimate of drug-likeness (QED) is 0.618. The van der Waals surface area contributed by atoms with Crippen molar-refractivity contribution in [2.24, 2.45) is 17.2 Å². The molecule has 4 nitrogen and oxygen atoms in total. The van der Waals surface area contributed by atoms with E-state index in [0.717, 1.165) is 12.1 Å². The summed E-state index contributed by atoms with van der Waals surface area (Å²) < 4.78 is 37.3. The zero-order valence-electron chi connectivity index (χ0n) is 10.1. The second kappa shape index (κ2) is 5.13. The molecule has 1 rings (SSSR count). The molecule has 19 heavy (non-hydrogen) atoms.